The average molecular weight is 318 g/mol. The van der Waals surface area contributed by atoms with E-state index >= 15 is 0 Å². The number of nitrogens with zero attached hydrogens (tertiary/aromatic N) is 2. The number of rotatable bonds is 3. The van der Waals surface area contributed by atoms with E-state index in [9.17, 15) is 4.79 Å². The zero-order valence-electron chi connectivity index (χ0n) is 11.8. The molecule has 0 radical (unpaired) electrons. The van der Waals surface area contributed by atoms with Crippen LogP contribution in [0.1, 0.15) is 27.5 Å². The maximum atomic E-state index is 12.5. The number of benzene rings is 1. The summed E-state index contributed by atoms with van der Waals surface area (Å²) in [5.74, 6) is 2.28. The van der Waals surface area contributed by atoms with E-state index in [0.717, 1.165) is 42.4 Å². The molecule has 0 aliphatic carbocycles. The van der Waals surface area contributed by atoms with E-state index in [4.69, 9.17) is 0 Å². The molecular formula is C16H18N2OS2. The van der Waals surface area contributed by atoms with Crippen molar-refractivity contribution < 1.29 is 4.79 Å². The summed E-state index contributed by atoms with van der Waals surface area (Å²) < 4.78 is 0. The predicted octanol–water partition coefficient (Wildman–Crippen LogP) is 3.31. The second kappa shape index (κ2) is 7.09. The molecule has 5 heteroatoms. The van der Waals surface area contributed by atoms with Gasteiger partial charge in [-0.2, -0.15) is 11.8 Å². The van der Waals surface area contributed by atoms with Crippen LogP contribution in [0.15, 0.2) is 35.7 Å². The Hall–Kier alpha value is -1.33. The van der Waals surface area contributed by atoms with Crippen LogP contribution >= 0.6 is 23.1 Å². The van der Waals surface area contributed by atoms with Crippen LogP contribution in [-0.2, 0) is 6.42 Å². The molecule has 2 heterocycles. The molecule has 1 aliphatic heterocycles. The van der Waals surface area contributed by atoms with E-state index in [-0.39, 0.29) is 5.91 Å². The van der Waals surface area contributed by atoms with Crippen LogP contribution in [0, 0.1) is 0 Å². The lowest BCUT2D eigenvalue weighted by atomic mass is 10.2. The fourth-order valence-corrected chi connectivity index (χ4v) is 4.06. The first-order valence-corrected chi connectivity index (χ1v) is 9.22. The van der Waals surface area contributed by atoms with Crippen LogP contribution in [0.3, 0.4) is 0 Å². The van der Waals surface area contributed by atoms with E-state index in [1.807, 2.05) is 40.2 Å². The first kappa shape index (κ1) is 14.6. The van der Waals surface area contributed by atoms with E-state index < -0.39 is 0 Å². The largest absolute Gasteiger partial charge is 0.336 e. The van der Waals surface area contributed by atoms with Gasteiger partial charge in [-0.1, -0.05) is 30.3 Å². The highest BCUT2D eigenvalue weighted by Crippen LogP contribution is 2.18. The maximum absolute atomic E-state index is 12.5. The van der Waals surface area contributed by atoms with Crippen molar-refractivity contribution in [3.05, 3.63) is 52.0 Å². The molecule has 3 nitrogen and oxygen atoms in total. The number of hydrogen-bond donors (Lipinski definition) is 0. The summed E-state index contributed by atoms with van der Waals surface area (Å²) in [6.45, 7) is 1.70. The summed E-state index contributed by atoms with van der Waals surface area (Å²) in [4.78, 5) is 19.0. The zero-order valence-corrected chi connectivity index (χ0v) is 13.5. The second-order valence-corrected chi connectivity index (χ2v) is 7.21. The van der Waals surface area contributed by atoms with Gasteiger partial charge in [-0.3, -0.25) is 4.79 Å². The summed E-state index contributed by atoms with van der Waals surface area (Å²) in [5, 5.41) is 2.91. The standard InChI is InChI=1S/C16H18N2OS2/c19-16(18-7-4-9-20-10-8-18)14-12-21-15(17-14)11-13-5-2-1-3-6-13/h1-3,5-6,12H,4,7-11H2. The molecule has 1 aliphatic rings. The number of hydrogen-bond acceptors (Lipinski definition) is 4. The highest BCUT2D eigenvalue weighted by atomic mass is 32.2. The molecule has 1 amide bonds. The van der Waals surface area contributed by atoms with Crippen LogP contribution in [0.25, 0.3) is 0 Å². The molecule has 1 aromatic heterocycles. The van der Waals surface area contributed by atoms with Gasteiger partial charge < -0.3 is 4.90 Å². The van der Waals surface area contributed by atoms with Gasteiger partial charge in [0.1, 0.15) is 5.69 Å². The van der Waals surface area contributed by atoms with Crippen molar-refractivity contribution in [3.8, 4) is 0 Å². The topological polar surface area (TPSA) is 33.2 Å². The molecule has 0 saturated carbocycles. The summed E-state index contributed by atoms with van der Waals surface area (Å²) in [7, 11) is 0. The Morgan fingerprint density at radius 1 is 1.19 bits per heavy atom. The molecule has 1 aromatic carbocycles. The van der Waals surface area contributed by atoms with E-state index in [2.05, 4.69) is 17.1 Å². The zero-order chi connectivity index (χ0) is 14.5. The summed E-state index contributed by atoms with van der Waals surface area (Å²) in [5.41, 5.74) is 1.84. The SMILES string of the molecule is O=C(c1csc(Cc2ccccc2)n1)N1CCCSCC1. The first-order valence-electron chi connectivity index (χ1n) is 7.18. The lowest BCUT2D eigenvalue weighted by Gasteiger charge is -2.18. The number of thioether (sulfide) groups is 1. The van der Waals surface area contributed by atoms with E-state index in [1.54, 1.807) is 11.3 Å². The van der Waals surface area contributed by atoms with Gasteiger partial charge in [0.25, 0.3) is 5.91 Å². The Balaban J connectivity index is 1.67. The molecule has 0 N–H and O–H groups in total. The third-order valence-corrected chi connectivity index (χ3v) is 5.38. The monoisotopic (exact) mass is 318 g/mol. The quantitative estimate of drug-likeness (QED) is 0.870. The Labute approximate surface area is 133 Å². The fourth-order valence-electron chi connectivity index (χ4n) is 2.37. The Kier molecular flexibility index (Phi) is 4.93. The number of aromatic nitrogens is 1. The molecular weight excluding hydrogens is 300 g/mol. The third-order valence-electron chi connectivity index (χ3n) is 3.48. The Bertz CT molecular complexity index is 589. The summed E-state index contributed by atoms with van der Waals surface area (Å²) >= 11 is 3.51. The number of amides is 1. The van der Waals surface area contributed by atoms with Crippen LogP contribution < -0.4 is 0 Å². The molecule has 1 saturated heterocycles. The number of thiazole rings is 1. The predicted molar refractivity (Wildman–Crippen MR) is 89.2 cm³/mol. The van der Waals surface area contributed by atoms with Gasteiger partial charge >= 0.3 is 0 Å². The second-order valence-electron chi connectivity index (χ2n) is 5.05. The normalized spacial score (nSPS) is 15.7. The minimum absolute atomic E-state index is 0.0908. The van der Waals surface area contributed by atoms with Gasteiger partial charge in [-0.15, -0.1) is 11.3 Å². The molecule has 21 heavy (non-hydrogen) atoms. The minimum Gasteiger partial charge on any atom is -0.336 e. The van der Waals surface area contributed by atoms with E-state index in [1.165, 1.54) is 5.56 Å². The van der Waals surface area contributed by atoms with Crippen molar-refractivity contribution in [1.29, 1.82) is 0 Å². The lowest BCUT2D eigenvalue weighted by Crippen LogP contribution is -2.33. The summed E-state index contributed by atoms with van der Waals surface area (Å²) in [6, 6.07) is 10.3. The average Bonchev–Trinajstić information content (AvgIpc) is 2.81. The molecule has 0 unspecified atom stereocenters. The fraction of sp³-hybridized carbons (Fsp3) is 0.375. The van der Waals surface area contributed by atoms with E-state index in [0.29, 0.717) is 5.69 Å². The number of carbonyl (C=O) groups is 1. The highest BCUT2D eigenvalue weighted by Gasteiger charge is 2.19. The smallest absolute Gasteiger partial charge is 0.273 e. The molecule has 1 fully saturated rings. The first-order chi connectivity index (χ1) is 10.3. The Morgan fingerprint density at radius 2 is 2.05 bits per heavy atom. The van der Waals surface area contributed by atoms with Crippen molar-refractivity contribution in [2.24, 2.45) is 0 Å². The molecule has 3 rings (SSSR count). The summed E-state index contributed by atoms with van der Waals surface area (Å²) in [6.07, 6.45) is 1.88. The molecule has 110 valence electrons. The van der Waals surface area contributed by atoms with Crippen molar-refractivity contribution in [3.63, 3.8) is 0 Å². The lowest BCUT2D eigenvalue weighted by molar-refractivity contribution is 0.0763. The Morgan fingerprint density at radius 3 is 2.90 bits per heavy atom. The van der Waals surface area contributed by atoms with Crippen LogP contribution in [0.4, 0.5) is 0 Å². The molecule has 0 bridgehead atoms. The highest BCUT2D eigenvalue weighted by molar-refractivity contribution is 7.99. The molecule has 0 atom stereocenters. The van der Waals surface area contributed by atoms with Gasteiger partial charge in [-0.25, -0.2) is 4.98 Å². The van der Waals surface area contributed by atoms with Gasteiger partial charge in [0.2, 0.25) is 0 Å². The maximum Gasteiger partial charge on any atom is 0.273 e. The van der Waals surface area contributed by atoms with Crippen molar-refractivity contribution in [2.75, 3.05) is 24.6 Å². The van der Waals surface area contributed by atoms with Crippen molar-refractivity contribution in [2.45, 2.75) is 12.8 Å². The third kappa shape index (κ3) is 3.86. The van der Waals surface area contributed by atoms with Crippen LogP contribution in [0.2, 0.25) is 0 Å². The number of carbonyl (C=O) groups excluding carboxylic acids is 1. The van der Waals surface area contributed by atoms with Crippen molar-refractivity contribution >= 4 is 29.0 Å². The minimum atomic E-state index is 0.0908. The van der Waals surface area contributed by atoms with Crippen molar-refractivity contribution in [1.82, 2.24) is 9.88 Å². The van der Waals surface area contributed by atoms with Gasteiger partial charge in [0, 0.05) is 30.6 Å². The van der Waals surface area contributed by atoms with Gasteiger partial charge in [0.15, 0.2) is 0 Å². The van der Waals surface area contributed by atoms with Gasteiger partial charge in [0.05, 0.1) is 5.01 Å². The molecule has 0 spiro atoms. The molecule has 2 aromatic rings. The van der Waals surface area contributed by atoms with Crippen LogP contribution in [-0.4, -0.2) is 40.4 Å². The van der Waals surface area contributed by atoms with Gasteiger partial charge in [-0.05, 0) is 17.7 Å². The van der Waals surface area contributed by atoms with Crippen LogP contribution in [0.5, 0.6) is 0 Å².